The molecule has 0 fully saturated rings. The maximum absolute atomic E-state index is 11.8. The molecule has 4 rings (SSSR count). The highest BCUT2D eigenvalue weighted by atomic mass is 32.2. The van der Waals surface area contributed by atoms with Crippen LogP contribution in [0.1, 0.15) is 16.7 Å². The van der Waals surface area contributed by atoms with Gasteiger partial charge in [-0.3, -0.25) is 9.79 Å². The fourth-order valence-electron chi connectivity index (χ4n) is 3.39. The largest absolute Gasteiger partial charge is 0.525 e. The van der Waals surface area contributed by atoms with Crippen LogP contribution in [0, 0.1) is 6.92 Å². The molecular weight excluding hydrogens is 405 g/mol. The monoisotopic (exact) mass is 425 g/mol. The van der Waals surface area contributed by atoms with Crippen LogP contribution in [0.3, 0.4) is 0 Å². The number of rotatable bonds is 4. The van der Waals surface area contributed by atoms with E-state index in [9.17, 15) is 14.4 Å². The molecule has 0 saturated carbocycles. The standard InChI is InChI=1S/C22H20NO4PS/c1-15-11-13-16(14-12-15)29-22(27-28(24,25)26)21-17-7-3-5-9-19(17)23(2)20-10-6-4-8-18(20)21/h3-14H,1-2H3,(H2,24,25,26). The van der Waals surface area contributed by atoms with Gasteiger partial charge < -0.3 is 9.42 Å². The van der Waals surface area contributed by atoms with E-state index in [0.29, 0.717) is 5.57 Å². The Balaban J connectivity index is 1.97. The summed E-state index contributed by atoms with van der Waals surface area (Å²) in [6, 6.07) is 23.3. The molecule has 0 aliphatic carbocycles. The Morgan fingerprint density at radius 1 is 0.897 bits per heavy atom. The van der Waals surface area contributed by atoms with Gasteiger partial charge in [-0.25, -0.2) is 4.57 Å². The Hall–Kier alpha value is -2.50. The van der Waals surface area contributed by atoms with Gasteiger partial charge in [0, 0.05) is 40.0 Å². The van der Waals surface area contributed by atoms with Gasteiger partial charge in [0.2, 0.25) is 0 Å². The Labute approximate surface area is 173 Å². The summed E-state index contributed by atoms with van der Waals surface area (Å²) < 4.78 is 17.1. The number of phosphoric acid groups is 1. The molecule has 0 spiro atoms. The molecule has 0 atom stereocenters. The summed E-state index contributed by atoms with van der Waals surface area (Å²) in [7, 11) is -2.79. The minimum Gasteiger partial charge on any atom is -0.396 e. The highest BCUT2D eigenvalue weighted by Crippen LogP contribution is 2.52. The van der Waals surface area contributed by atoms with Crippen molar-refractivity contribution in [2.24, 2.45) is 0 Å². The van der Waals surface area contributed by atoms with E-state index < -0.39 is 7.82 Å². The smallest absolute Gasteiger partial charge is 0.396 e. The SMILES string of the molecule is Cc1ccc(SC(OP(=O)(O)O)=C2c3ccccc3N(C)c3ccccc32)cc1. The number of fused-ring (bicyclic) bond motifs is 2. The van der Waals surface area contributed by atoms with E-state index in [0.717, 1.165) is 33.0 Å². The highest BCUT2D eigenvalue weighted by molar-refractivity contribution is 8.03. The molecule has 7 heteroatoms. The number of benzene rings is 3. The predicted octanol–water partition coefficient (Wildman–Crippen LogP) is 5.69. The molecule has 0 radical (unpaired) electrons. The molecule has 3 aromatic carbocycles. The molecule has 29 heavy (non-hydrogen) atoms. The lowest BCUT2D eigenvalue weighted by atomic mass is 9.91. The summed E-state index contributed by atoms with van der Waals surface area (Å²) in [5, 5.41) is 0.176. The second-order valence-electron chi connectivity index (χ2n) is 6.75. The number of anilines is 2. The van der Waals surface area contributed by atoms with E-state index in [-0.39, 0.29) is 5.09 Å². The average molecular weight is 425 g/mol. The van der Waals surface area contributed by atoms with Crippen LogP contribution in [0.25, 0.3) is 5.57 Å². The zero-order valence-corrected chi connectivity index (χ0v) is 17.7. The van der Waals surface area contributed by atoms with E-state index in [1.807, 2.05) is 86.8 Å². The third kappa shape index (κ3) is 4.11. The van der Waals surface area contributed by atoms with E-state index in [1.165, 1.54) is 11.8 Å². The molecule has 1 aliphatic heterocycles. The summed E-state index contributed by atoms with van der Waals surface area (Å²) in [4.78, 5) is 22.1. The van der Waals surface area contributed by atoms with E-state index >= 15 is 0 Å². The lowest BCUT2D eigenvalue weighted by molar-refractivity contribution is 0.255. The van der Waals surface area contributed by atoms with E-state index in [4.69, 9.17) is 4.52 Å². The lowest BCUT2D eigenvalue weighted by Gasteiger charge is -2.32. The van der Waals surface area contributed by atoms with Crippen LogP contribution >= 0.6 is 19.6 Å². The fourth-order valence-corrected chi connectivity index (χ4v) is 4.94. The zero-order valence-electron chi connectivity index (χ0n) is 15.9. The van der Waals surface area contributed by atoms with Crippen LogP contribution in [-0.2, 0) is 9.09 Å². The lowest BCUT2D eigenvalue weighted by Crippen LogP contribution is -2.18. The number of aryl methyl sites for hydroxylation is 1. The van der Waals surface area contributed by atoms with Crippen LogP contribution in [0.15, 0.2) is 82.8 Å². The summed E-state index contributed by atoms with van der Waals surface area (Å²) in [6.45, 7) is 1.99. The summed E-state index contributed by atoms with van der Waals surface area (Å²) >= 11 is 1.21. The topological polar surface area (TPSA) is 70.0 Å². The highest BCUT2D eigenvalue weighted by Gasteiger charge is 2.30. The van der Waals surface area contributed by atoms with Crippen molar-refractivity contribution in [1.82, 2.24) is 0 Å². The molecule has 0 unspecified atom stereocenters. The third-order valence-corrected chi connectivity index (χ3v) is 6.23. The van der Waals surface area contributed by atoms with Gasteiger partial charge in [-0.15, -0.1) is 0 Å². The zero-order chi connectivity index (χ0) is 20.6. The molecule has 1 heterocycles. The van der Waals surface area contributed by atoms with E-state index in [2.05, 4.69) is 4.90 Å². The Kier molecular flexibility index (Phi) is 5.28. The van der Waals surface area contributed by atoms with Crippen molar-refractivity contribution < 1.29 is 18.9 Å². The van der Waals surface area contributed by atoms with E-state index in [1.54, 1.807) is 0 Å². The van der Waals surface area contributed by atoms with Gasteiger partial charge in [0.05, 0.1) is 0 Å². The van der Waals surface area contributed by atoms with Crippen LogP contribution in [-0.4, -0.2) is 16.8 Å². The third-order valence-electron chi connectivity index (χ3n) is 4.71. The second-order valence-corrected chi connectivity index (χ2v) is 8.96. The van der Waals surface area contributed by atoms with Gasteiger partial charge in [0.15, 0.2) is 5.09 Å². The maximum Gasteiger partial charge on any atom is 0.525 e. The first kappa shape index (κ1) is 19.8. The normalized spacial score (nSPS) is 13.0. The van der Waals surface area contributed by atoms with Crippen LogP contribution in [0.5, 0.6) is 0 Å². The molecule has 0 saturated heterocycles. The molecule has 0 bridgehead atoms. The second kappa shape index (κ2) is 7.73. The Bertz CT molecular complexity index is 1090. The quantitative estimate of drug-likeness (QED) is 0.318. The number of nitrogens with zero attached hydrogens (tertiary/aromatic N) is 1. The molecular formula is C22H20NO4PS. The first-order valence-electron chi connectivity index (χ1n) is 9.00. The van der Waals surface area contributed by atoms with Gasteiger partial charge in [0.1, 0.15) is 0 Å². The summed E-state index contributed by atoms with van der Waals surface area (Å²) in [5.41, 5.74) is 5.38. The number of hydrogen-bond donors (Lipinski definition) is 2. The van der Waals surface area contributed by atoms with Crippen molar-refractivity contribution in [2.75, 3.05) is 11.9 Å². The molecule has 148 valence electrons. The van der Waals surface area contributed by atoms with Crippen molar-refractivity contribution >= 4 is 36.5 Å². The Morgan fingerprint density at radius 2 is 1.41 bits per heavy atom. The molecule has 3 aromatic rings. The van der Waals surface area contributed by atoms with Crippen LogP contribution < -0.4 is 4.90 Å². The molecule has 0 aromatic heterocycles. The molecule has 2 N–H and O–H groups in total. The first-order chi connectivity index (χ1) is 13.8. The number of phosphoric ester groups is 1. The summed E-state index contributed by atoms with van der Waals surface area (Å²) in [5.74, 6) is 0. The summed E-state index contributed by atoms with van der Waals surface area (Å²) in [6.07, 6.45) is 0. The predicted molar refractivity (Wildman–Crippen MR) is 117 cm³/mol. The van der Waals surface area contributed by atoms with Gasteiger partial charge in [-0.2, -0.15) is 0 Å². The van der Waals surface area contributed by atoms with Crippen molar-refractivity contribution in [3.63, 3.8) is 0 Å². The van der Waals surface area contributed by atoms with Crippen molar-refractivity contribution in [3.05, 3.63) is 94.6 Å². The molecule has 5 nitrogen and oxygen atoms in total. The van der Waals surface area contributed by atoms with Crippen molar-refractivity contribution in [2.45, 2.75) is 11.8 Å². The van der Waals surface area contributed by atoms with Gasteiger partial charge in [0.25, 0.3) is 0 Å². The van der Waals surface area contributed by atoms with Gasteiger partial charge >= 0.3 is 7.82 Å². The van der Waals surface area contributed by atoms with Crippen molar-refractivity contribution in [1.29, 1.82) is 0 Å². The minimum atomic E-state index is -4.77. The van der Waals surface area contributed by atoms with Crippen LogP contribution in [0.4, 0.5) is 11.4 Å². The molecule has 1 aliphatic rings. The van der Waals surface area contributed by atoms with Crippen molar-refractivity contribution in [3.8, 4) is 0 Å². The maximum atomic E-state index is 11.8. The number of hydrogen-bond acceptors (Lipinski definition) is 4. The molecule has 0 amide bonds. The Morgan fingerprint density at radius 3 is 1.93 bits per heavy atom. The van der Waals surface area contributed by atoms with Crippen LogP contribution in [0.2, 0.25) is 0 Å². The van der Waals surface area contributed by atoms with Gasteiger partial charge in [-0.1, -0.05) is 65.9 Å². The minimum absolute atomic E-state index is 0.176. The van der Waals surface area contributed by atoms with Gasteiger partial charge in [-0.05, 0) is 31.2 Å². The number of thioether (sulfide) groups is 1. The number of para-hydroxylation sites is 2. The fraction of sp³-hybridized carbons (Fsp3) is 0.0909. The first-order valence-corrected chi connectivity index (χ1v) is 11.3. The average Bonchev–Trinajstić information content (AvgIpc) is 2.69.